The molecule has 1 amide bonds. The van der Waals surface area contributed by atoms with Gasteiger partial charge in [0.15, 0.2) is 0 Å². The molecule has 122 valence electrons. The lowest BCUT2D eigenvalue weighted by Crippen LogP contribution is -2.13. The number of benzene rings is 2. The van der Waals surface area contributed by atoms with Gasteiger partial charge in [0.1, 0.15) is 17.4 Å². The van der Waals surface area contributed by atoms with E-state index in [1.54, 1.807) is 43.5 Å². The molecule has 1 N–H and O–H groups in total. The molecule has 0 aliphatic carbocycles. The second-order valence-electron chi connectivity index (χ2n) is 4.62. The summed E-state index contributed by atoms with van der Waals surface area (Å²) >= 11 is 12.8. The Morgan fingerprint density at radius 1 is 1.29 bits per heavy atom. The average molecular weight is 471 g/mol. The molecule has 4 nitrogen and oxygen atoms in total. The van der Waals surface area contributed by atoms with Crippen molar-refractivity contribution in [2.24, 2.45) is 0 Å². The van der Waals surface area contributed by atoms with Crippen molar-refractivity contribution >= 4 is 61.1 Å². The SMILES string of the molecule is COc1c(Br)cc(/C=C(\C#N)C(=O)Nc2ccccc2Cl)cc1Br. The Labute approximate surface area is 161 Å². The summed E-state index contributed by atoms with van der Waals surface area (Å²) in [5, 5.41) is 12.3. The second-order valence-corrected chi connectivity index (χ2v) is 6.74. The Hall–Kier alpha value is -1.81. The summed E-state index contributed by atoms with van der Waals surface area (Å²) in [6.07, 6.45) is 1.49. The highest BCUT2D eigenvalue weighted by molar-refractivity contribution is 9.11. The van der Waals surface area contributed by atoms with Crippen LogP contribution < -0.4 is 10.1 Å². The fourth-order valence-corrected chi connectivity index (χ4v) is 3.65. The number of methoxy groups -OCH3 is 1. The van der Waals surface area contributed by atoms with Crippen LogP contribution in [0.2, 0.25) is 5.02 Å². The number of ether oxygens (including phenoxy) is 1. The quantitative estimate of drug-likeness (QED) is 0.480. The molecule has 24 heavy (non-hydrogen) atoms. The Balaban J connectivity index is 2.31. The Morgan fingerprint density at radius 2 is 1.92 bits per heavy atom. The van der Waals surface area contributed by atoms with Gasteiger partial charge in [-0.15, -0.1) is 0 Å². The van der Waals surface area contributed by atoms with Gasteiger partial charge >= 0.3 is 0 Å². The first-order valence-corrected chi connectivity index (χ1v) is 8.63. The number of anilines is 1. The minimum Gasteiger partial charge on any atom is -0.494 e. The number of amides is 1. The zero-order valence-corrected chi connectivity index (χ0v) is 16.4. The highest BCUT2D eigenvalue weighted by Crippen LogP contribution is 2.35. The monoisotopic (exact) mass is 468 g/mol. The van der Waals surface area contributed by atoms with Crippen molar-refractivity contribution in [2.75, 3.05) is 12.4 Å². The number of rotatable bonds is 4. The van der Waals surface area contributed by atoms with E-state index in [9.17, 15) is 10.1 Å². The van der Waals surface area contributed by atoms with Crippen LogP contribution in [0.4, 0.5) is 5.69 Å². The summed E-state index contributed by atoms with van der Waals surface area (Å²) in [5.74, 6) is 0.0971. The lowest BCUT2D eigenvalue weighted by atomic mass is 10.1. The highest BCUT2D eigenvalue weighted by atomic mass is 79.9. The molecular formula is C17H11Br2ClN2O2. The van der Waals surface area contributed by atoms with Gasteiger partial charge < -0.3 is 10.1 Å². The molecule has 0 aliphatic heterocycles. The molecule has 0 radical (unpaired) electrons. The minimum atomic E-state index is -0.534. The number of hydrogen-bond donors (Lipinski definition) is 1. The van der Waals surface area contributed by atoms with E-state index in [1.807, 2.05) is 6.07 Å². The predicted molar refractivity (Wildman–Crippen MR) is 102 cm³/mol. The second kappa shape index (κ2) is 8.34. The van der Waals surface area contributed by atoms with Gasteiger partial charge in [0, 0.05) is 0 Å². The number of nitrogens with zero attached hydrogens (tertiary/aromatic N) is 1. The molecule has 0 bridgehead atoms. The summed E-state index contributed by atoms with van der Waals surface area (Å²) < 4.78 is 6.63. The summed E-state index contributed by atoms with van der Waals surface area (Å²) in [6.45, 7) is 0. The van der Waals surface area contributed by atoms with Gasteiger partial charge in [-0.2, -0.15) is 5.26 Å². The van der Waals surface area contributed by atoms with Gasteiger partial charge in [-0.3, -0.25) is 4.79 Å². The van der Waals surface area contributed by atoms with E-state index in [0.717, 1.165) is 0 Å². The maximum atomic E-state index is 12.3. The van der Waals surface area contributed by atoms with Gasteiger partial charge in [0.25, 0.3) is 5.91 Å². The van der Waals surface area contributed by atoms with E-state index >= 15 is 0 Å². The summed E-state index contributed by atoms with van der Waals surface area (Å²) in [6, 6.07) is 12.2. The third-order valence-corrected chi connectivity index (χ3v) is 4.53. The van der Waals surface area contributed by atoms with Crippen molar-refractivity contribution in [3.05, 3.63) is 61.5 Å². The summed E-state index contributed by atoms with van der Waals surface area (Å²) in [7, 11) is 1.55. The largest absolute Gasteiger partial charge is 0.494 e. The van der Waals surface area contributed by atoms with Gasteiger partial charge in [0.05, 0.1) is 26.8 Å². The first-order valence-electron chi connectivity index (χ1n) is 6.67. The topological polar surface area (TPSA) is 62.1 Å². The molecule has 0 atom stereocenters. The standard InChI is InChI=1S/C17H11Br2ClN2O2/c1-24-16-12(18)7-10(8-13(16)19)6-11(9-21)17(23)22-15-5-3-2-4-14(15)20/h2-8H,1H3,(H,22,23)/b11-6+. The first-order chi connectivity index (χ1) is 11.5. The Morgan fingerprint density at radius 3 is 2.46 bits per heavy atom. The van der Waals surface area contributed by atoms with Crippen molar-refractivity contribution in [1.29, 1.82) is 5.26 Å². The van der Waals surface area contributed by atoms with Crippen LogP contribution in [-0.2, 0) is 4.79 Å². The van der Waals surface area contributed by atoms with E-state index in [0.29, 0.717) is 31.0 Å². The molecule has 0 fully saturated rings. The number of nitrogens with one attached hydrogen (secondary N) is 1. The maximum absolute atomic E-state index is 12.3. The lowest BCUT2D eigenvalue weighted by Gasteiger charge is -2.08. The third-order valence-electron chi connectivity index (χ3n) is 3.02. The third kappa shape index (κ3) is 4.38. The fourth-order valence-electron chi connectivity index (χ4n) is 1.93. The number of carbonyl (C=O) groups excluding carboxylic acids is 1. The van der Waals surface area contributed by atoms with E-state index in [1.165, 1.54) is 6.08 Å². The summed E-state index contributed by atoms with van der Waals surface area (Å²) in [4.78, 5) is 12.3. The molecule has 0 saturated carbocycles. The zero-order valence-electron chi connectivity index (χ0n) is 12.4. The molecule has 2 aromatic carbocycles. The van der Waals surface area contributed by atoms with Crippen LogP contribution in [-0.4, -0.2) is 13.0 Å². The van der Waals surface area contributed by atoms with Gasteiger partial charge in [-0.05, 0) is 67.8 Å². The Kier molecular flexibility index (Phi) is 6.44. The Bertz CT molecular complexity index is 837. The van der Waals surface area contributed by atoms with E-state index in [-0.39, 0.29) is 5.57 Å². The van der Waals surface area contributed by atoms with Crippen molar-refractivity contribution in [3.8, 4) is 11.8 Å². The number of nitriles is 1. The van der Waals surface area contributed by atoms with E-state index in [2.05, 4.69) is 37.2 Å². The van der Waals surface area contributed by atoms with Crippen molar-refractivity contribution in [3.63, 3.8) is 0 Å². The van der Waals surface area contributed by atoms with Crippen molar-refractivity contribution in [2.45, 2.75) is 0 Å². The lowest BCUT2D eigenvalue weighted by molar-refractivity contribution is -0.112. The van der Waals surface area contributed by atoms with Gasteiger partial charge in [-0.1, -0.05) is 23.7 Å². The normalized spacial score (nSPS) is 10.9. The van der Waals surface area contributed by atoms with Crippen LogP contribution in [0.15, 0.2) is 50.9 Å². The van der Waals surface area contributed by atoms with Crippen LogP contribution in [0.1, 0.15) is 5.56 Å². The molecular weight excluding hydrogens is 459 g/mol. The number of halogens is 3. The molecule has 0 aliphatic rings. The first kappa shape index (κ1) is 18.5. The molecule has 0 saturated heterocycles. The van der Waals surface area contributed by atoms with Crippen molar-refractivity contribution in [1.82, 2.24) is 0 Å². The summed E-state index contributed by atoms with van der Waals surface area (Å²) in [5.41, 5.74) is 1.07. The van der Waals surface area contributed by atoms with E-state index < -0.39 is 5.91 Å². The molecule has 0 heterocycles. The minimum absolute atomic E-state index is 0.0427. The average Bonchev–Trinajstić information content (AvgIpc) is 2.54. The molecule has 0 unspecified atom stereocenters. The molecule has 0 aromatic heterocycles. The maximum Gasteiger partial charge on any atom is 0.266 e. The molecule has 2 rings (SSSR count). The van der Waals surface area contributed by atoms with Crippen molar-refractivity contribution < 1.29 is 9.53 Å². The van der Waals surface area contributed by atoms with Crippen LogP contribution in [0, 0.1) is 11.3 Å². The number of carbonyl (C=O) groups is 1. The number of hydrogen-bond acceptors (Lipinski definition) is 3. The molecule has 7 heteroatoms. The number of para-hydroxylation sites is 1. The highest BCUT2D eigenvalue weighted by Gasteiger charge is 2.13. The van der Waals surface area contributed by atoms with Crippen LogP contribution in [0.25, 0.3) is 6.08 Å². The van der Waals surface area contributed by atoms with Crippen LogP contribution >= 0.6 is 43.5 Å². The fraction of sp³-hybridized carbons (Fsp3) is 0.0588. The smallest absolute Gasteiger partial charge is 0.266 e. The zero-order chi connectivity index (χ0) is 17.7. The predicted octanol–water partition coefficient (Wildman–Crippen LogP) is 5.42. The van der Waals surface area contributed by atoms with Gasteiger partial charge in [0.2, 0.25) is 0 Å². The van der Waals surface area contributed by atoms with Crippen LogP contribution in [0.3, 0.4) is 0 Å². The molecule has 0 spiro atoms. The van der Waals surface area contributed by atoms with E-state index in [4.69, 9.17) is 16.3 Å². The molecule has 2 aromatic rings. The van der Waals surface area contributed by atoms with Crippen LogP contribution in [0.5, 0.6) is 5.75 Å². The van der Waals surface area contributed by atoms with Gasteiger partial charge in [-0.25, -0.2) is 0 Å².